The maximum Gasteiger partial charge on any atom is 0.244 e. The number of carbonyl (C=O) groups excluding carboxylic acids is 2. The SMILES string of the molecule is COc1ccccc1NC(=O)CN(Cc1ccco1)C(=O)Cc1ccc(C)c(C)c1. The van der Waals surface area contributed by atoms with E-state index in [2.05, 4.69) is 5.32 Å². The Morgan fingerprint density at radius 2 is 1.83 bits per heavy atom. The van der Waals surface area contributed by atoms with Crippen molar-refractivity contribution in [2.75, 3.05) is 19.0 Å². The minimum atomic E-state index is -0.306. The van der Waals surface area contributed by atoms with Gasteiger partial charge in [0.1, 0.15) is 18.1 Å². The van der Waals surface area contributed by atoms with Crippen LogP contribution in [-0.2, 0) is 22.6 Å². The monoisotopic (exact) mass is 406 g/mol. The topological polar surface area (TPSA) is 71.8 Å². The van der Waals surface area contributed by atoms with Gasteiger partial charge in [-0.15, -0.1) is 0 Å². The lowest BCUT2D eigenvalue weighted by Gasteiger charge is -2.22. The summed E-state index contributed by atoms with van der Waals surface area (Å²) < 4.78 is 10.7. The Morgan fingerprint density at radius 3 is 2.53 bits per heavy atom. The molecule has 156 valence electrons. The second-order valence-electron chi connectivity index (χ2n) is 7.17. The van der Waals surface area contributed by atoms with Crippen molar-refractivity contribution >= 4 is 17.5 Å². The standard InChI is InChI=1S/C24H26N2O4/c1-17-10-11-19(13-18(17)2)14-24(28)26(15-20-7-6-12-30-20)16-23(27)25-21-8-4-5-9-22(21)29-3/h4-13H,14-16H2,1-3H3,(H,25,27). The lowest BCUT2D eigenvalue weighted by molar-refractivity contribution is -0.134. The van der Waals surface area contributed by atoms with Gasteiger partial charge in [0, 0.05) is 0 Å². The highest BCUT2D eigenvalue weighted by Gasteiger charge is 2.20. The van der Waals surface area contributed by atoms with Gasteiger partial charge in [-0.25, -0.2) is 0 Å². The number of rotatable bonds is 8. The maximum atomic E-state index is 13.0. The summed E-state index contributed by atoms with van der Waals surface area (Å²) >= 11 is 0. The Morgan fingerprint density at radius 1 is 1.03 bits per heavy atom. The molecular weight excluding hydrogens is 380 g/mol. The first kappa shape index (κ1) is 21.2. The highest BCUT2D eigenvalue weighted by atomic mass is 16.5. The van der Waals surface area contributed by atoms with E-state index < -0.39 is 0 Å². The first-order chi connectivity index (χ1) is 14.5. The van der Waals surface area contributed by atoms with Crippen LogP contribution in [0.3, 0.4) is 0 Å². The van der Waals surface area contributed by atoms with Crippen molar-refractivity contribution in [1.29, 1.82) is 0 Å². The molecule has 30 heavy (non-hydrogen) atoms. The zero-order chi connectivity index (χ0) is 21.5. The number of hydrogen-bond donors (Lipinski definition) is 1. The van der Waals surface area contributed by atoms with Gasteiger partial charge in [-0.1, -0.05) is 30.3 Å². The third-order valence-electron chi connectivity index (χ3n) is 4.92. The van der Waals surface area contributed by atoms with Crippen molar-refractivity contribution in [2.24, 2.45) is 0 Å². The Balaban J connectivity index is 1.73. The molecular formula is C24H26N2O4. The Hall–Kier alpha value is -3.54. The van der Waals surface area contributed by atoms with Gasteiger partial charge >= 0.3 is 0 Å². The van der Waals surface area contributed by atoms with Crippen LogP contribution in [0.1, 0.15) is 22.5 Å². The summed E-state index contributed by atoms with van der Waals surface area (Å²) in [5, 5.41) is 2.82. The molecule has 0 aliphatic carbocycles. The van der Waals surface area contributed by atoms with Crippen molar-refractivity contribution in [3.05, 3.63) is 83.3 Å². The minimum Gasteiger partial charge on any atom is -0.495 e. The number of carbonyl (C=O) groups is 2. The molecule has 2 amide bonds. The van der Waals surface area contributed by atoms with Crippen molar-refractivity contribution in [3.8, 4) is 5.75 Å². The van der Waals surface area contributed by atoms with E-state index in [4.69, 9.17) is 9.15 Å². The zero-order valence-electron chi connectivity index (χ0n) is 17.5. The zero-order valence-corrected chi connectivity index (χ0v) is 17.5. The fourth-order valence-corrected chi connectivity index (χ4v) is 3.13. The Bertz CT molecular complexity index is 1010. The number of amides is 2. The van der Waals surface area contributed by atoms with Gasteiger partial charge in [0.25, 0.3) is 0 Å². The molecule has 3 rings (SSSR count). The summed E-state index contributed by atoms with van der Waals surface area (Å²) in [5.41, 5.74) is 3.78. The number of para-hydroxylation sites is 2. The molecule has 1 N–H and O–H groups in total. The van der Waals surface area contributed by atoms with Crippen molar-refractivity contribution in [3.63, 3.8) is 0 Å². The van der Waals surface area contributed by atoms with E-state index in [1.165, 1.54) is 10.5 Å². The van der Waals surface area contributed by atoms with Gasteiger partial charge < -0.3 is 19.4 Å². The Kier molecular flexibility index (Phi) is 6.91. The molecule has 0 fully saturated rings. The van der Waals surface area contributed by atoms with E-state index in [9.17, 15) is 9.59 Å². The molecule has 0 bridgehead atoms. The lowest BCUT2D eigenvalue weighted by Crippen LogP contribution is -2.38. The number of ether oxygens (including phenoxy) is 1. The molecule has 0 spiro atoms. The number of anilines is 1. The lowest BCUT2D eigenvalue weighted by atomic mass is 10.0. The van der Waals surface area contributed by atoms with Crippen LogP contribution in [0, 0.1) is 13.8 Å². The third-order valence-corrected chi connectivity index (χ3v) is 4.92. The van der Waals surface area contributed by atoms with Crippen molar-refractivity contribution < 1.29 is 18.7 Å². The quantitative estimate of drug-likeness (QED) is 0.611. The molecule has 0 unspecified atom stereocenters. The first-order valence-corrected chi connectivity index (χ1v) is 9.75. The number of furan rings is 1. The molecule has 0 saturated carbocycles. The van der Waals surface area contributed by atoms with Crippen LogP contribution in [0.5, 0.6) is 5.75 Å². The molecule has 3 aromatic rings. The number of nitrogens with zero attached hydrogens (tertiary/aromatic N) is 1. The van der Waals surface area contributed by atoms with Crippen molar-refractivity contribution in [2.45, 2.75) is 26.8 Å². The van der Waals surface area contributed by atoms with Crippen molar-refractivity contribution in [1.82, 2.24) is 4.90 Å². The van der Waals surface area contributed by atoms with Gasteiger partial charge in [0.05, 0.1) is 32.0 Å². The number of methoxy groups -OCH3 is 1. The van der Waals surface area contributed by atoms with Gasteiger partial charge in [-0.05, 0) is 54.8 Å². The average Bonchev–Trinajstić information content (AvgIpc) is 3.24. The molecule has 2 aromatic carbocycles. The Labute approximate surface area is 176 Å². The van der Waals surface area contributed by atoms with Gasteiger partial charge in [-0.3, -0.25) is 9.59 Å². The second kappa shape index (κ2) is 9.78. The van der Waals surface area contributed by atoms with Gasteiger partial charge in [0.15, 0.2) is 0 Å². The normalized spacial score (nSPS) is 10.5. The molecule has 0 radical (unpaired) electrons. The summed E-state index contributed by atoms with van der Waals surface area (Å²) in [5.74, 6) is 0.725. The molecule has 0 saturated heterocycles. The third kappa shape index (κ3) is 5.50. The van der Waals surface area contributed by atoms with Crippen LogP contribution in [0.2, 0.25) is 0 Å². The molecule has 0 aliphatic heterocycles. The highest BCUT2D eigenvalue weighted by molar-refractivity contribution is 5.95. The predicted octanol–water partition coefficient (Wildman–Crippen LogP) is 4.12. The molecule has 1 aromatic heterocycles. The van der Waals surface area contributed by atoms with E-state index >= 15 is 0 Å². The fourth-order valence-electron chi connectivity index (χ4n) is 3.13. The largest absolute Gasteiger partial charge is 0.495 e. The summed E-state index contributed by atoms with van der Waals surface area (Å²) in [6, 6.07) is 16.7. The van der Waals surface area contributed by atoms with Gasteiger partial charge in [0.2, 0.25) is 11.8 Å². The van der Waals surface area contributed by atoms with Crippen LogP contribution in [-0.4, -0.2) is 30.4 Å². The number of aryl methyl sites for hydroxylation is 2. The highest BCUT2D eigenvalue weighted by Crippen LogP contribution is 2.23. The number of nitrogens with one attached hydrogen (secondary N) is 1. The van der Waals surface area contributed by atoms with E-state index in [-0.39, 0.29) is 31.3 Å². The molecule has 0 atom stereocenters. The minimum absolute atomic E-state index is 0.0948. The summed E-state index contributed by atoms with van der Waals surface area (Å²) in [7, 11) is 1.54. The molecule has 1 heterocycles. The summed E-state index contributed by atoms with van der Waals surface area (Å²) in [6.07, 6.45) is 1.76. The van der Waals surface area contributed by atoms with E-state index in [0.717, 1.165) is 11.1 Å². The maximum absolute atomic E-state index is 13.0. The number of benzene rings is 2. The number of hydrogen-bond acceptors (Lipinski definition) is 4. The van der Waals surface area contributed by atoms with E-state index in [1.807, 2.05) is 44.2 Å². The van der Waals surface area contributed by atoms with Crippen LogP contribution < -0.4 is 10.1 Å². The fraction of sp³-hybridized carbons (Fsp3) is 0.250. The first-order valence-electron chi connectivity index (χ1n) is 9.75. The van der Waals surface area contributed by atoms with Crippen LogP contribution >= 0.6 is 0 Å². The molecule has 6 nitrogen and oxygen atoms in total. The molecule has 6 heteroatoms. The molecule has 0 aliphatic rings. The smallest absolute Gasteiger partial charge is 0.244 e. The van der Waals surface area contributed by atoms with Crippen LogP contribution in [0.4, 0.5) is 5.69 Å². The van der Waals surface area contributed by atoms with E-state index in [1.54, 1.807) is 37.6 Å². The average molecular weight is 406 g/mol. The summed E-state index contributed by atoms with van der Waals surface area (Å²) in [4.78, 5) is 27.2. The predicted molar refractivity (Wildman–Crippen MR) is 115 cm³/mol. The second-order valence-corrected chi connectivity index (χ2v) is 7.17. The van der Waals surface area contributed by atoms with Crippen LogP contribution in [0.15, 0.2) is 65.3 Å². The summed E-state index contributed by atoms with van der Waals surface area (Å²) in [6.45, 7) is 4.18. The van der Waals surface area contributed by atoms with Gasteiger partial charge in [-0.2, -0.15) is 0 Å². The van der Waals surface area contributed by atoms with E-state index in [0.29, 0.717) is 17.2 Å². The van der Waals surface area contributed by atoms with Crippen LogP contribution in [0.25, 0.3) is 0 Å².